The molecular weight excluding hydrogens is 328 g/mol. The SMILES string of the molecule is COc1cccc(CN(C)[C@@H](C)C(=O)N2CCc3ccccc32)c1OC. The summed E-state index contributed by atoms with van der Waals surface area (Å²) in [6.07, 6.45) is 0.919. The van der Waals surface area contributed by atoms with Gasteiger partial charge in [-0.3, -0.25) is 9.69 Å². The van der Waals surface area contributed by atoms with Gasteiger partial charge in [-0.15, -0.1) is 0 Å². The monoisotopic (exact) mass is 354 g/mol. The highest BCUT2D eigenvalue weighted by atomic mass is 16.5. The molecular formula is C21H26N2O3. The topological polar surface area (TPSA) is 42.0 Å². The van der Waals surface area contributed by atoms with E-state index in [4.69, 9.17) is 9.47 Å². The second-order valence-electron chi connectivity index (χ2n) is 6.61. The number of methoxy groups -OCH3 is 2. The molecule has 1 amide bonds. The molecule has 1 aliphatic rings. The van der Waals surface area contributed by atoms with Crippen LogP contribution in [-0.2, 0) is 17.8 Å². The van der Waals surface area contributed by atoms with E-state index in [9.17, 15) is 4.79 Å². The number of carbonyl (C=O) groups excluding carboxylic acids is 1. The van der Waals surface area contributed by atoms with Gasteiger partial charge in [0.05, 0.1) is 20.3 Å². The quantitative estimate of drug-likeness (QED) is 0.799. The number of rotatable bonds is 6. The Labute approximate surface area is 155 Å². The average molecular weight is 354 g/mol. The minimum absolute atomic E-state index is 0.124. The number of ether oxygens (including phenoxy) is 2. The lowest BCUT2D eigenvalue weighted by Crippen LogP contribution is -2.45. The van der Waals surface area contributed by atoms with Gasteiger partial charge in [0.15, 0.2) is 11.5 Å². The third kappa shape index (κ3) is 3.40. The fraction of sp³-hybridized carbons (Fsp3) is 0.381. The first-order valence-electron chi connectivity index (χ1n) is 8.86. The molecule has 1 aliphatic heterocycles. The summed E-state index contributed by atoms with van der Waals surface area (Å²) in [5.41, 5.74) is 3.28. The van der Waals surface area contributed by atoms with Crippen molar-refractivity contribution in [1.29, 1.82) is 0 Å². The van der Waals surface area contributed by atoms with Crippen molar-refractivity contribution in [2.75, 3.05) is 32.7 Å². The van der Waals surface area contributed by atoms with E-state index in [1.807, 2.05) is 60.2 Å². The number of para-hydroxylation sites is 2. The first kappa shape index (κ1) is 18.3. The van der Waals surface area contributed by atoms with Crippen LogP contribution in [0.5, 0.6) is 11.5 Å². The Morgan fingerprint density at radius 3 is 2.65 bits per heavy atom. The highest BCUT2D eigenvalue weighted by Gasteiger charge is 2.30. The number of likely N-dealkylation sites (N-methyl/N-ethyl adjacent to an activating group) is 1. The Hall–Kier alpha value is -2.53. The standard InChI is InChI=1S/C21H26N2O3/c1-15(21(24)23-13-12-16-8-5-6-10-18(16)23)22(2)14-17-9-7-11-19(25-3)20(17)26-4/h5-11,15H,12-14H2,1-4H3/t15-/m0/s1. The summed E-state index contributed by atoms with van der Waals surface area (Å²) < 4.78 is 10.9. The van der Waals surface area contributed by atoms with Crippen LogP contribution >= 0.6 is 0 Å². The zero-order chi connectivity index (χ0) is 18.7. The molecule has 3 rings (SSSR count). The van der Waals surface area contributed by atoms with Crippen LogP contribution in [0.4, 0.5) is 5.69 Å². The van der Waals surface area contributed by atoms with Crippen LogP contribution in [0.3, 0.4) is 0 Å². The van der Waals surface area contributed by atoms with Crippen molar-refractivity contribution < 1.29 is 14.3 Å². The lowest BCUT2D eigenvalue weighted by Gasteiger charge is -2.29. The zero-order valence-corrected chi connectivity index (χ0v) is 15.9. The molecule has 0 fully saturated rings. The summed E-state index contributed by atoms with van der Waals surface area (Å²) in [5.74, 6) is 1.54. The van der Waals surface area contributed by atoms with Crippen molar-refractivity contribution in [1.82, 2.24) is 4.90 Å². The average Bonchev–Trinajstić information content (AvgIpc) is 3.10. The van der Waals surface area contributed by atoms with Gasteiger partial charge in [-0.05, 0) is 38.1 Å². The predicted molar refractivity (Wildman–Crippen MR) is 103 cm³/mol. The molecule has 0 radical (unpaired) electrons. The zero-order valence-electron chi connectivity index (χ0n) is 15.9. The number of carbonyl (C=O) groups is 1. The number of nitrogens with zero attached hydrogens (tertiary/aromatic N) is 2. The third-order valence-electron chi connectivity index (χ3n) is 5.08. The first-order valence-corrected chi connectivity index (χ1v) is 8.86. The Morgan fingerprint density at radius 1 is 1.15 bits per heavy atom. The second kappa shape index (κ2) is 7.79. The molecule has 0 saturated carbocycles. The van der Waals surface area contributed by atoms with E-state index in [2.05, 4.69) is 6.07 Å². The Morgan fingerprint density at radius 2 is 1.92 bits per heavy atom. The summed E-state index contributed by atoms with van der Waals surface area (Å²) in [6.45, 7) is 3.30. The van der Waals surface area contributed by atoms with Crippen molar-refractivity contribution in [2.45, 2.75) is 25.9 Å². The van der Waals surface area contributed by atoms with Crippen LogP contribution in [0.15, 0.2) is 42.5 Å². The highest BCUT2D eigenvalue weighted by molar-refractivity contribution is 5.98. The molecule has 5 heteroatoms. The van der Waals surface area contributed by atoms with E-state index in [0.29, 0.717) is 18.0 Å². The van der Waals surface area contributed by atoms with Gasteiger partial charge in [-0.2, -0.15) is 0 Å². The van der Waals surface area contributed by atoms with E-state index in [1.54, 1.807) is 14.2 Å². The van der Waals surface area contributed by atoms with Gasteiger partial charge in [0.25, 0.3) is 0 Å². The van der Waals surface area contributed by atoms with Gasteiger partial charge in [0.2, 0.25) is 5.91 Å². The van der Waals surface area contributed by atoms with Crippen molar-refractivity contribution in [3.05, 3.63) is 53.6 Å². The van der Waals surface area contributed by atoms with E-state index >= 15 is 0 Å². The molecule has 2 aromatic rings. The van der Waals surface area contributed by atoms with E-state index in [0.717, 1.165) is 24.2 Å². The number of hydrogen-bond donors (Lipinski definition) is 0. The number of amides is 1. The number of hydrogen-bond acceptors (Lipinski definition) is 4. The number of fused-ring (bicyclic) bond motifs is 1. The second-order valence-corrected chi connectivity index (χ2v) is 6.61. The van der Waals surface area contributed by atoms with Crippen LogP contribution in [0.1, 0.15) is 18.1 Å². The molecule has 0 saturated heterocycles. The molecule has 1 atom stereocenters. The Balaban J connectivity index is 1.75. The molecule has 2 aromatic carbocycles. The molecule has 0 aliphatic carbocycles. The number of anilines is 1. The lowest BCUT2D eigenvalue weighted by molar-refractivity contribution is -0.122. The van der Waals surface area contributed by atoms with Crippen LogP contribution < -0.4 is 14.4 Å². The first-order chi connectivity index (χ1) is 12.6. The van der Waals surface area contributed by atoms with Gasteiger partial charge >= 0.3 is 0 Å². The molecule has 138 valence electrons. The summed E-state index contributed by atoms with van der Waals surface area (Å²) in [4.78, 5) is 17.0. The molecule has 0 N–H and O–H groups in total. The van der Waals surface area contributed by atoms with Gasteiger partial charge in [-0.1, -0.05) is 30.3 Å². The molecule has 0 unspecified atom stereocenters. The fourth-order valence-corrected chi connectivity index (χ4v) is 3.47. The van der Waals surface area contributed by atoms with E-state index < -0.39 is 0 Å². The van der Waals surface area contributed by atoms with Crippen molar-refractivity contribution in [3.8, 4) is 11.5 Å². The van der Waals surface area contributed by atoms with Crippen LogP contribution in [0.25, 0.3) is 0 Å². The van der Waals surface area contributed by atoms with Gasteiger partial charge in [0, 0.05) is 24.3 Å². The Bertz CT molecular complexity index is 791. The van der Waals surface area contributed by atoms with Gasteiger partial charge < -0.3 is 14.4 Å². The lowest BCUT2D eigenvalue weighted by atomic mass is 10.1. The van der Waals surface area contributed by atoms with Crippen molar-refractivity contribution >= 4 is 11.6 Å². The Kier molecular flexibility index (Phi) is 5.47. The molecule has 5 nitrogen and oxygen atoms in total. The highest BCUT2D eigenvalue weighted by Crippen LogP contribution is 2.32. The fourth-order valence-electron chi connectivity index (χ4n) is 3.47. The summed E-state index contributed by atoms with van der Waals surface area (Å²) in [5, 5.41) is 0. The third-order valence-corrected chi connectivity index (χ3v) is 5.08. The maximum Gasteiger partial charge on any atom is 0.244 e. The van der Waals surface area contributed by atoms with Gasteiger partial charge in [0.1, 0.15) is 0 Å². The van der Waals surface area contributed by atoms with Crippen LogP contribution in [0, 0.1) is 0 Å². The number of benzene rings is 2. The van der Waals surface area contributed by atoms with Crippen LogP contribution in [0.2, 0.25) is 0 Å². The predicted octanol–water partition coefficient (Wildman–Crippen LogP) is 3.11. The van der Waals surface area contributed by atoms with Crippen molar-refractivity contribution in [3.63, 3.8) is 0 Å². The molecule has 0 bridgehead atoms. The summed E-state index contributed by atoms with van der Waals surface area (Å²) in [7, 11) is 5.23. The van der Waals surface area contributed by atoms with E-state index in [-0.39, 0.29) is 11.9 Å². The van der Waals surface area contributed by atoms with E-state index in [1.165, 1.54) is 5.56 Å². The largest absolute Gasteiger partial charge is 0.493 e. The maximum atomic E-state index is 13.0. The molecule has 0 spiro atoms. The summed E-state index contributed by atoms with van der Waals surface area (Å²) in [6, 6.07) is 13.7. The molecule has 0 aromatic heterocycles. The normalized spacial score (nSPS) is 14.3. The summed E-state index contributed by atoms with van der Waals surface area (Å²) >= 11 is 0. The molecule has 26 heavy (non-hydrogen) atoms. The molecule has 1 heterocycles. The van der Waals surface area contributed by atoms with Crippen LogP contribution in [-0.4, -0.2) is 44.7 Å². The minimum atomic E-state index is -0.239. The van der Waals surface area contributed by atoms with Crippen molar-refractivity contribution in [2.24, 2.45) is 0 Å². The maximum absolute atomic E-state index is 13.0. The van der Waals surface area contributed by atoms with Gasteiger partial charge in [-0.25, -0.2) is 0 Å². The smallest absolute Gasteiger partial charge is 0.244 e. The minimum Gasteiger partial charge on any atom is -0.493 e.